The predicted octanol–water partition coefficient (Wildman–Crippen LogP) is 5.63. The third-order valence-corrected chi connectivity index (χ3v) is 3.95. The van der Waals surface area contributed by atoms with Crippen molar-refractivity contribution in [3.63, 3.8) is 0 Å². The molecule has 0 spiro atoms. The molecule has 1 nitrogen and oxygen atoms in total. The van der Waals surface area contributed by atoms with Gasteiger partial charge < -0.3 is 4.74 Å². The van der Waals surface area contributed by atoms with Crippen LogP contribution in [-0.2, 0) is 4.74 Å². The fourth-order valence-corrected chi connectivity index (χ4v) is 2.66. The van der Waals surface area contributed by atoms with Crippen LogP contribution >= 0.6 is 0 Å². The van der Waals surface area contributed by atoms with Crippen LogP contribution in [0.25, 0.3) is 16.3 Å². The largest absolute Gasteiger partial charge is 0.369 e. The van der Waals surface area contributed by atoms with Gasteiger partial charge in [0.1, 0.15) is 0 Å². The molecule has 3 aromatic carbocycles. The zero-order chi connectivity index (χ0) is 15.4. The highest BCUT2D eigenvalue weighted by Crippen LogP contribution is 2.26. The fraction of sp³-hybridized carbons (Fsp3) is 0.143. The maximum absolute atomic E-state index is 5.99. The quantitative estimate of drug-likeness (QED) is 0.591. The lowest BCUT2D eigenvalue weighted by Crippen LogP contribution is -2.03. The van der Waals surface area contributed by atoms with E-state index in [1.807, 2.05) is 18.2 Å². The van der Waals surface area contributed by atoms with E-state index in [1.165, 1.54) is 21.9 Å². The van der Waals surface area contributed by atoms with Crippen LogP contribution in [0.15, 0.2) is 79.4 Å². The Balaban J connectivity index is 1.74. The first-order valence-corrected chi connectivity index (χ1v) is 7.58. The van der Waals surface area contributed by atoms with Crippen LogP contribution in [0.1, 0.15) is 24.2 Å². The lowest BCUT2D eigenvalue weighted by molar-refractivity contribution is 0.0929. The van der Waals surface area contributed by atoms with Crippen molar-refractivity contribution < 1.29 is 4.74 Å². The Morgan fingerprint density at radius 2 is 1.59 bits per heavy atom. The Bertz CT molecular complexity index is 769. The Hall–Kier alpha value is -2.38. The number of hydrogen-bond donors (Lipinski definition) is 0. The second-order valence-electron chi connectivity index (χ2n) is 5.49. The average molecular weight is 288 g/mol. The second-order valence-corrected chi connectivity index (χ2v) is 5.49. The van der Waals surface area contributed by atoms with Gasteiger partial charge in [0.15, 0.2) is 0 Å². The summed E-state index contributed by atoms with van der Waals surface area (Å²) in [6, 6.07) is 25.0. The Kier molecular flexibility index (Phi) is 4.36. The van der Waals surface area contributed by atoms with Crippen molar-refractivity contribution in [2.75, 3.05) is 6.61 Å². The van der Waals surface area contributed by atoms with Gasteiger partial charge in [-0.2, -0.15) is 0 Å². The third kappa shape index (κ3) is 3.10. The SMILES string of the molecule is C=C(COC(C)c1ccccc1)c1cccc2ccccc12. The Labute approximate surface area is 131 Å². The van der Waals surface area contributed by atoms with Crippen LogP contribution in [0.4, 0.5) is 0 Å². The lowest BCUT2D eigenvalue weighted by Gasteiger charge is -2.16. The van der Waals surface area contributed by atoms with Crippen LogP contribution in [0, 0.1) is 0 Å². The van der Waals surface area contributed by atoms with E-state index >= 15 is 0 Å². The molecule has 0 radical (unpaired) electrons. The van der Waals surface area contributed by atoms with Crippen molar-refractivity contribution in [2.45, 2.75) is 13.0 Å². The van der Waals surface area contributed by atoms with Crippen molar-refractivity contribution in [2.24, 2.45) is 0 Å². The first-order chi connectivity index (χ1) is 10.8. The molecule has 0 N–H and O–H groups in total. The number of benzene rings is 3. The van der Waals surface area contributed by atoms with E-state index in [0.29, 0.717) is 6.61 Å². The standard InChI is InChI=1S/C21H20O/c1-16(15-22-17(2)18-9-4-3-5-10-18)20-14-8-12-19-11-6-7-13-21(19)20/h3-14,17H,1,15H2,2H3. The highest BCUT2D eigenvalue weighted by atomic mass is 16.5. The molecule has 0 aliphatic heterocycles. The van der Waals surface area contributed by atoms with Crippen molar-refractivity contribution in [3.05, 3.63) is 90.5 Å². The van der Waals surface area contributed by atoms with Gasteiger partial charge in [0.2, 0.25) is 0 Å². The van der Waals surface area contributed by atoms with E-state index in [4.69, 9.17) is 4.74 Å². The molecule has 0 saturated heterocycles. The molecule has 0 aliphatic rings. The van der Waals surface area contributed by atoms with Crippen molar-refractivity contribution in [1.82, 2.24) is 0 Å². The first-order valence-electron chi connectivity index (χ1n) is 7.58. The van der Waals surface area contributed by atoms with E-state index in [9.17, 15) is 0 Å². The highest BCUT2D eigenvalue weighted by Gasteiger charge is 2.08. The van der Waals surface area contributed by atoms with Gasteiger partial charge in [0, 0.05) is 0 Å². The number of rotatable bonds is 5. The molecular weight excluding hydrogens is 268 g/mol. The summed E-state index contributed by atoms with van der Waals surface area (Å²) in [6.07, 6.45) is 0.0629. The maximum Gasteiger partial charge on any atom is 0.0801 e. The zero-order valence-corrected chi connectivity index (χ0v) is 12.8. The summed E-state index contributed by atoms with van der Waals surface area (Å²) >= 11 is 0. The smallest absolute Gasteiger partial charge is 0.0801 e. The van der Waals surface area contributed by atoms with E-state index in [1.54, 1.807) is 0 Å². The number of ether oxygens (including phenoxy) is 1. The van der Waals surface area contributed by atoms with Gasteiger partial charge in [0.05, 0.1) is 12.7 Å². The molecule has 1 unspecified atom stereocenters. The normalized spacial score (nSPS) is 12.2. The van der Waals surface area contributed by atoms with Crippen molar-refractivity contribution >= 4 is 16.3 Å². The molecule has 3 rings (SSSR count). The summed E-state index contributed by atoms with van der Waals surface area (Å²) < 4.78 is 5.99. The fourth-order valence-electron chi connectivity index (χ4n) is 2.66. The minimum absolute atomic E-state index is 0.0629. The van der Waals surface area contributed by atoms with E-state index in [0.717, 1.165) is 5.57 Å². The molecule has 110 valence electrons. The number of hydrogen-bond acceptors (Lipinski definition) is 1. The predicted molar refractivity (Wildman–Crippen MR) is 93.8 cm³/mol. The molecule has 22 heavy (non-hydrogen) atoms. The average Bonchev–Trinajstić information content (AvgIpc) is 2.59. The molecule has 3 aromatic rings. The summed E-state index contributed by atoms with van der Waals surface area (Å²) in [5.74, 6) is 0. The van der Waals surface area contributed by atoms with E-state index in [2.05, 4.69) is 68.1 Å². The summed E-state index contributed by atoms with van der Waals surface area (Å²) in [5.41, 5.74) is 3.37. The van der Waals surface area contributed by atoms with E-state index in [-0.39, 0.29) is 6.10 Å². The molecule has 0 bridgehead atoms. The number of fused-ring (bicyclic) bond motifs is 1. The molecule has 1 heteroatoms. The van der Waals surface area contributed by atoms with Crippen LogP contribution in [0.5, 0.6) is 0 Å². The molecule has 0 amide bonds. The summed E-state index contributed by atoms with van der Waals surface area (Å²) in [6.45, 7) is 6.82. The van der Waals surface area contributed by atoms with Gasteiger partial charge in [-0.1, -0.05) is 79.4 Å². The molecule has 0 aliphatic carbocycles. The summed E-state index contributed by atoms with van der Waals surface area (Å²) in [7, 11) is 0. The van der Waals surface area contributed by atoms with Crippen LogP contribution in [-0.4, -0.2) is 6.61 Å². The van der Waals surface area contributed by atoms with Gasteiger partial charge in [-0.15, -0.1) is 0 Å². The molecule has 0 aromatic heterocycles. The third-order valence-electron chi connectivity index (χ3n) is 3.95. The van der Waals surface area contributed by atoms with Gasteiger partial charge >= 0.3 is 0 Å². The van der Waals surface area contributed by atoms with E-state index < -0.39 is 0 Å². The van der Waals surface area contributed by atoms with Crippen molar-refractivity contribution in [3.8, 4) is 0 Å². The molecule has 0 heterocycles. The van der Waals surface area contributed by atoms with Gasteiger partial charge in [-0.05, 0) is 34.4 Å². The van der Waals surface area contributed by atoms with Crippen LogP contribution in [0.2, 0.25) is 0 Å². The first kappa shape index (κ1) is 14.6. The monoisotopic (exact) mass is 288 g/mol. The second kappa shape index (κ2) is 6.59. The minimum atomic E-state index is 0.0629. The Morgan fingerprint density at radius 1 is 0.909 bits per heavy atom. The molecule has 1 atom stereocenters. The van der Waals surface area contributed by atoms with Gasteiger partial charge in [0.25, 0.3) is 0 Å². The van der Waals surface area contributed by atoms with Crippen molar-refractivity contribution in [1.29, 1.82) is 0 Å². The summed E-state index contributed by atoms with van der Waals surface area (Å²) in [5, 5.41) is 2.46. The van der Waals surface area contributed by atoms with Gasteiger partial charge in [-0.3, -0.25) is 0 Å². The Morgan fingerprint density at radius 3 is 2.41 bits per heavy atom. The lowest BCUT2D eigenvalue weighted by atomic mass is 9.99. The molecule has 0 fully saturated rings. The van der Waals surface area contributed by atoms with Crippen LogP contribution < -0.4 is 0 Å². The maximum atomic E-state index is 5.99. The topological polar surface area (TPSA) is 9.23 Å². The van der Waals surface area contributed by atoms with Gasteiger partial charge in [-0.25, -0.2) is 0 Å². The zero-order valence-electron chi connectivity index (χ0n) is 12.8. The van der Waals surface area contributed by atoms with Crippen LogP contribution in [0.3, 0.4) is 0 Å². The minimum Gasteiger partial charge on any atom is -0.369 e. The molecule has 0 saturated carbocycles. The summed E-state index contributed by atoms with van der Waals surface area (Å²) in [4.78, 5) is 0. The molecular formula is C21H20O. The highest BCUT2D eigenvalue weighted by molar-refractivity contribution is 5.93.